The fourth-order valence-electron chi connectivity index (χ4n) is 1.58. The molecule has 110 valence electrons. The van der Waals surface area contributed by atoms with E-state index in [-0.39, 0.29) is 11.4 Å². The molecule has 1 aromatic heterocycles. The van der Waals surface area contributed by atoms with E-state index in [0.29, 0.717) is 17.8 Å². The van der Waals surface area contributed by atoms with Crippen molar-refractivity contribution in [2.75, 3.05) is 0 Å². The van der Waals surface area contributed by atoms with E-state index < -0.39 is 34.6 Å². The second-order valence-corrected chi connectivity index (χ2v) is 4.82. The first-order valence-corrected chi connectivity index (χ1v) is 6.43. The zero-order chi connectivity index (χ0) is 15.6. The summed E-state index contributed by atoms with van der Waals surface area (Å²) in [5.41, 5.74) is -0.734. The molecule has 0 atom stereocenters. The monoisotopic (exact) mass is 314 g/mol. The van der Waals surface area contributed by atoms with Gasteiger partial charge in [-0.3, -0.25) is 9.59 Å². The van der Waals surface area contributed by atoms with E-state index in [1.54, 1.807) is 0 Å². The Morgan fingerprint density at radius 3 is 2.38 bits per heavy atom. The van der Waals surface area contributed by atoms with E-state index in [0.717, 1.165) is 11.3 Å². The third-order valence-electron chi connectivity index (χ3n) is 2.55. The van der Waals surface area contributed by atoms with Crippen molar-refractivity contribution in [1.82, 2.24) is 10.3 Å². The topological polar surface area (TPSA) is 99.3 Å². The van der Waals surface area contributed by atoms with Crippen LogP contribution in [0, 0.1) is 11.6 Å². The first kappa shape index (κ1) is 14.9. The van der Waals surface area contributed by atoms with Gasteiger partial charge in [-0.05, 0) is 12.1 Å². The Balaban J connectivity index is 2.24. The number of H-pyrrole nitrogens is 1. The summed E-state index contributed by atoms with van der Waals surface area (Å²) in [6.45, 7) is -0.0738. The second kappa shape index (κ2) is 5.83. The summed E-state index contributed by atoms with van der Waals surface area (Å²) < 4.78 is 26.2. The van der Waals surface area contributed by atoms with Gasteiger partial charge in [-0.2, -0.15) is 0 Å². The van der Waals surface area contributed by atoms with E-state index in [4.69, 9.17) is 5.11 Å². The van der Waals surface area contributed by atoms with Crippen molar-refractivity contribution in [3.05, 3.63) is 55.6 Å². The van der Waals surface area contributed by atoms with E-state index in [2.05, 4.69) is 10.3 Å². The fourth-order valence-corrected chi connectivity index (χ4v) is 2.16. The number of carbonyl (C=O) groups excluding carboxylic acids is 1. The summed E-state index contributed by atoms with van der Waals surface area (Å²) in [5.74, 6) is -5.12. The second-order valence-electron chi connectivity index (χ2n) is 3.97. The molecule has 0 bridgehead atoms. The van der Waals surface area contributed by atoms with Crippen LogP contribution in [-0.2, 0) is 6.54 Å². The first-order valence-electron chi connectivity index (χ1n) is 5.55. The van der Waals surface area contributed by atoms with Crippen LogP contribution < -0.4 is 10.2 Å². The Morgan fingerprint density at radius 2 is 1.86 bits per heavy atom. The normalized spacial score (nSPS) is 10.4. The van der Waals surface area contributed by atoms with E-state index >= 15 is 0 Å². The highest BCUT2D eigenvalue weighted by Gasteiger charge is 2.20. The molecule has 1 amide bonds. The van der Waals surface area contributed by atoms with Gasteiger partial charge in [-0.1, -0.05) is 11.3 Å². The van der Waals surface area contributed by atoms with Crippen molar-refractivity contribution in [2.45, 2.75) is 6.54 Å². The molecule has 0 saturated heterocycles. The number of thiazole rings is 1. The Bertz CT molecular complexity index is 769. The number of aromatic nitrogens is 1. The highest BCUT2D eigenvalue weighted by molar-refractivity contribution is 7.07. The number of nitrogens with one attached hydrogen (secondary N) is 2. The lowest BCUT2D eigenvalue weighted by molar-refractivity contribution is 0.0690. The number of hydrogen-bond acceptors (Lipinski definition) is 4. The van der Waals surface area contributed by atoms with Crippen LogP contribution in [0.15, 0.2) is 22.3 Å². The van der Waals surface area contributed by atoms with E-state index in [1.807, 2.05) is 0 Å². The molecule has 6 nitrogen and oxygen atoms in total. The van der Waals surface area contributed by atoms with Crippen LogP contribution in [0.5, 0.6) is 0 Å². The molecule has 9 heteroatoms. The maximum Gasteiger partial charge on any atom is 0.336 e. The predicted molar refractivity (Wildman–Crippen MR) is 69.4 cm³/mol. The van der Waals surface area contributed by atoms with Crippen LogP contribution in [0.2, 0.25) is 0 Å². The molecule has 0 aliphatic rings. The van der Waals surface area contributed by atoms with Crippen LogP contribution in [0.3, 0.4) is 0 Å². The van der Waals surface area contributed by atoms with Gasteiger partial charge >= 0.3 is 10.8 Å². The Kier molecular flexibility index (Phi) is 4.13. The van der Waals surface area contributed by atoms with Gasteiger partial charge < -0.3 is 15.4 Å². The van der Waals surface area contributed by atoms with Crippen molar-refractivity contribution >= 4 is 23.2 Å². The highest BCUT2D eigenvalue weighted by atomic mass is 32.1. The number of carboxylic acid groups (broad SMARTS) is 1. The molecule has 0 aliphatic carbocycles. The number of amides is 1. The third-order valence-corrected chi connectivity index (χ3v) is 3.26. The Hall–Kier alpha value is -2.55. The van der Waals surface area contributed by atoms with Crippen molar-refractivity contribution in [3.63, 3.8) is 0 Å². The molecule has 1 aromatic carbocycles. The summed E-state index contributed by atoms with van der Waals surface area (Å²) >= 11 is 0.898. The number of carbonyl (C=O) groups is 2. The minimum Gasteiger partial charge on any atom is -0.478 e. The SMILES string of the molecule is O=C(O)c1cc(F)c(F)cc1C(=O)NCc1csc(=O)[nH]1. The summed E-state index contributed by atoms with van der Waals surface area (Å²) in [4.78, 5) is 35.9. The van der Waals surface area contributed by atoms with Gasteiger partial charge in [-0.25, -0.2) is 13.6 Å². The molecule has 0 aliphatic heterocycles. The number of hydrogen-bond donors (Lipinski definition) is 3. The smallest absolute Gasteiger partial charge is 0.336 e. The molecule has 2 aromatic rings. The van der Waals surface area contributed by atoms with Crippen molar-refractivity contribution in [3.8, 4) is 0 Å². The van der Waals surface area contributed by atoms with Crippen molar-refractivity contribution in [2.24, 2.45) is 0 Å². The number of carboxylic acids is 1. The molecule has 1 heterocycles. The van der Waals surface area contributed by atoms with Gasteiger partial charge in [0.15, 0.2) is 11.6 Å². The number of rotatable bonds is 4. The fraction of sp³-hybridized carbons (Fsp3) is 0.0833. The first-order chi connectivity index (χ1) is 9.88. The van der Waals surface area contributed by atoms with Crippen LogP contribution in [-0.4, -0.2) is 22.0 Å². The van der Waals surface area contributed by atoms with Crippen LogP contribution in [0.4, 0.5) is 8.78 Å². The number of benzene rings is 1. The summed E-state index contributed by atoms with van der Waals surface area (Å²) in [7, 11) is 0. The summed E-state index contributed by atoms with van der Waals surface area (Å²) in [5, 5.41) is 12.7. The molecular formula is C12H8F2N2O4S. The van der Waals surface area contributed by atoms with Crippen LogP contribution in [0.25, 0.3) is 0 Å². The van der Waals surface area contributed by atoms with Gasteiger partial charge in [-0.15, -0.1) is 0 Å². The molecule has 0 radical (unpaired) electrons. The molecule has 0 spiro atoms. The standard InChI is InChI=1S/C12H8F2N2O4S/c13-8-1-6(7(11(18)19)2-9(8)14)10(17)15-3-5-4-21-12(20)16-5/h1-2,4H,3H2,(H,15,17)(H,16,20)(H,18,19). The molecule has 0 saturated carbocycles. The van der Waals surface area contributed by atoms with Crippen molar-refractivity contribution in [1.29, 1.82) is 0 Å². The van der Waals surface area contributed by atoms with Crippen molar-refractivity contribution < 1.29 is 23.5 Å². The van der Waals surface area contributed by atoms with E-state index in [9.17, 15) is 23.2 Å². The minimum atomic E-state index is -1.55. The average molecular weight is 314 g/mol. The molecule has 21 heavy (non-hydrogen) atoms. The average Bonchev–Trinajstić information content (AvgIpc) is 2.84. The molecular weight excluding hydrogens is 306 g/mol. The lowest BCUT2D eigenvalue weighted by atomic mass is 10.1. The Morgan fingerprint density at radius 1 is 1.24 bits per heavy atom. The number of aromatic amines is 1. The molecule has 0 unspecified atom stereocenters. The lowest BCUT2D eigenvalue weighted by Gasteiger charge is -2.07. The molecule has 3 N–H and O–H groups in total. The minimum absolute atomic E-state index is 0.0738. The largest absolute Gasteiger partial charge is 0.478 e. The van der Waals surface area contributed by atoms with Crippen LogP contribution in [0.1, 0.15) is 26.4 Å². The Labute approximate surface area is 120 Å². The van der Waals surface area contributed by atoms with Gasteiger partial charge in [0.1, 0.15) is 0 Å². The maximum absolute atomic E-state index is 13.2. The van der Waals surface area contributed by atoms with Gasteiger partial charge in [0, 0.05) is 11.1 Å². The predicted octanol–water partition coefficient (Wildman–Crippen LogP) is 1.34. The number of aromatic carboxylic acids is 1. The zero-order valence-electron chi connectivity index (χ0n) is 10.3. The zero-order valence-corrected chi connectivity index (χ0v) is 11.1. The van der Waals surface area contributed by atoms with E-state index in [1.165, 1.54) is 5.38 Å². The maximum atomic E-state index is 13.2. The van der Waals surface area contributed by atoms with Gasteiger partial charge in [0.2, 0.25) is 0 Å². The number of halogens is 2. The quantitative estimate of drug-likeness (QED) is 0.793. The van der Waals surface area contributed by atoms with Gasteiger partial charge in [0.25, 0.3) is 5.91 Å². The molecule has 2 rings (SSSR count). The summed E-state index contributed by atoms with van der Waals surface area (Å²) in [6, 6.07) is 0.962. The lowest BCUT2D eigenvalue weighted by Crippen LogP contribution is -2.25. The molecule has 0 fully saturated rings. The van der Waals surface area contributed by atoms with Gasteiger partial charge in [0.05, 0.1) is 17.7 Å². The highest BCUT2D eigenvalue weighted by Crippen LogP contribution is 2.15. The summed E-state index contributed by atoms with van der Waals surface area (Å²) in [6.07, 6.45) is 0. The third kappa shape index (κ3) is 3.31. The van der Waals surface area contributed by atoms with Crippen LogP contribution >= 0.6 is 11.3 Å².